The summed E-state index contributed by atoms with van der Waals surface area (Å²) in [5.41, 5.74) is 9.68. The van der Waals surface area contributed by atoms with Crippen molar-refractivity contribution in [3.63, 3.8) is 0 Å². The Labute approximate surface area is 157 Å². The molecule has 1 aromatic heterocycles. The minimum Gasteiger partial charge on any atom is -0.378 e. The van der Waals surface area contributed by atoms with E-state index in [4.69, 9.17) is 11.1 Å². The maximum Gasteiger partial charge on any atom is 0.160 e. The topological polar surface area (TPSA) is 75.7 Å². The predicted molar refractivity (Wildman–Crippen MR) is 106 cm³/mol. The molecule has 4 nitrogen and oxygen atoms in total. The van der Waals surface area contributed by atoms with Crippen LogP contribution in [0.3, 0.4) is 0 Å². The number of hydrogen-bond acceptors (Lipinski definition) is 4. The van der Waals surface area contributed by atoms with Crippen molar-refractivity contribution in [1.29, 1.82) is 5.41 Å². The van der Waals surface area contributed by atoms with Crippen molar-refractivity contribution in [3.05, 3.63) is 77.5 Å². The minimum absolute atomic E-state index is 0. The zero-order chi connectivity index (χ0) is 16.9. The number of nitrogens with zero attached hydrogens (tertiary/aromatic N) is 2. The first-order valence-corrected chi connectivity index (χ1v) is 8.44. The average molecular weight is 371 g/mol. The fraction of sp³-hybridized carbons (Fsp3) is 0.105. The van der Waals surface area contributed by atoms with Crippen LogP contribution in [0.2, 0.25) is 0 Å². The minimum atomic E-state index is 0. The van der Waals surface area contributed by atoms with Gasteiger partial charge in [-0.05, 0) is 24.2 Å². The largest absolute Gasteiger partial charge is 0.378 e. The standard InChI is InChI=1S/C19H18N4S.ClH/c1-13-16(12-14-8-4-2-5-9-14)18(24-19(20)21)23-17(22-13)15-10-6-3-7-11-15;/h2-11H,12H2,1H3,(H3,20,21);1H. The summed E-state index contributed by atoms with van der Waals surface area (Å²) in [4.78, 5) is 9.34. The van der Waals surface area contributed by atoms with Crippen LogP contribution in [0.1, 0.15) is 16.8 Å². The zero-order valence-electron chi connectivity index (χ0n) is 13.8. The van der Waals surface area contributed by atoms with E-state index in [0.29, 0.717) is 5.82 Å². The summed E-state index contributed by atoms with van der Waals surface area (Å²) in [5.74, 6) is 0.661. The third-order valence-corrected chi connectivity index (χ3v) is 4.39. The van der Waals surface area contributed by atoms with Crippen molar-refractivity contribution in [1.82, 2.24) is 9.97 Å². The van der Waals surface area contributed by atoms with Gasteiger partial charge in [0.25, 0.3) is 0 Å². The van der Waals surface area contributed by atoms with Crippen molar-refractivity contribution in [2.75, 3.05) is 0 Å². The van der Waals surface area contributed by atoms with Gasteiger partial charge in [0.15, 0.2) is 11.0 Å². The highest BCUT2D eigenvalue weighted by atomic mass is 35.5. The van der Waals surface area contributed by atoms with Crippen LogP contribution < -0.4 is 5.73 Å². The monoisotopic (exact) mass is 370 g/mol. The van der Waals surface area contributed by atoms with E-state index in [-0.39, 0.29) is 17.6 Å². The predicted octanol–water partition coefficient (Wildman–Crippen LogP) is 4.45. The maximum absolute atomic E-state index is 7.63. The summed E-state index contributed by atoms with van der Waals surface area (Å²) in [5, 5.41) is 8.41. The number of hydrogen-bond donors (Lipinski definition) is 2. The van der Waals surface area contributed by atoms with Crippen molar-refractivity contribution in [2.24, 2.45) is 5.73 Å². The quantitative estimate of drug-likeness (QED) is 0.308. The fourth-order valence-corrected chi connectivity index (χ4v) is 3.16. The SMILES string of the molecule is Cc1nc(-c2ccccc2)nc(SC(=N)N)c1Cc1ccccc1.Cl. The Balaban J connectivity index is 0.00000225. The Bertz CT molecular complexity index is 854. The van der Waals surface area contributed by atoms with Gasteiger partial charge in [-0.2, -0.15) is 0 Å². The third-order valence-electron chi connectivity index (χ3n) is 3.64. The molecule has 0 fully saturated rings. The summed E-state index contributed by atoms with van der Waals surface area (Å²) in [7, 11) is 0. The van der Waals surface area contributed by atoms with E-state index in [1.165, 1.54) is 17.3 Å². The van der Waals surface area contributed by atoms with Gasteiger partial charge in [-0.1, -0.05) is 60.7 Å². The molecule has 6 heteroatoms. The molecule has 0 atom stereocenters. The number of rotatable bonds is 4. The van der Waals surface area contributed by atoms with Gasteiger partial charge in [0.2, 0.25) is 0 Å². The van der Waals surface area contributed by atoms with E-state index in [0.717, 1.165) is 28.3 Å². The number of thioether (sulfide) groups is 1. The molecule has 0 aliphatic carbocycles. The van der Waals surface area contributed by atoms with Gasteiger partial charge in [0.1, 0.15) is 5.03 Å². The molecular formula is C19H19ClN4S. The smallest absolute Gasteiger partial charge is 0.160 e. The molecule has 3 rings (SSSR count). The molecule has 0 spiro atoms. The van der Waals surface area contributed by atoms with Crippen LogP contribution in [0.5, 0.6) is 0 Å². The molecule has 0 unspecified atom stereocenters. The first-order valence-electron chi connectivity index (χ1n) is 7.62. The van der Waals surface area contributed by atoms with Gasteiger partial charge in [0, 0.05) is 23.2 Å². The summed E-state index contributed by atoms with van der Waals surface area (Å²) < 4.78 is 0. The van der Waals surface area contributed by atoms with Crippen LogP contribution in [0.15, 0.2) is 65.7 Å². The molecule has 3 N–H and O–H groups in total. The number of aryl methyl sites for hydroxylation is 1. The number of halogens is 1. The number of nitrogens with one attached hydrogen (secondary N) is 1. The Morgan fingerprint density at radius 2 is 1.60 bits per heavy atom. The molecule has 0 aliphatic heterocycles. The van der Waals surface area contributed by atoms with Crippen molar-refractivity contribution in [2.45, 2.75) is 18.4 Å². The lowest BCUT2D eigenvalue weighted by Gasteiger charge is -2.13. The van der Waals surface area contributed by atoms with Crippen LogP contribution in [0.25, 0.3) is 11.4 Å². The van der Waals surface area contributed by atoms with Crippen LogP contribution in [0.4, 0.5) is 0 Å². The zero-order valence-corrected chi connectivity index (χ0v) is 15.4. The molecular weight excluding hydrogens is 352 g/mol. The van der Waals surface area contributed by atoms with Crippen LogP contribution in [-0.2, 0) is 6.42 Å². The van der Waals surface area contributed by atoms with Crippen LogP contribution >= 0.6 is 24.2 Å². The molecule has 0 bridgehead atoms. The molecule has 1 heterocycles. The fourth-order valence-electron chi connectivity index (χ4n) is 2.48. The summed E-state index contributed by atoms with van der Waals surface area (Å²) in [6.45, 7) is 1.98. The molecule has 0 aliphatic rings. The van der Waals surface area contributed by atoms with Crippen LogP contribution in [0, 0.1) is 12.3 Å². The number of benzene rings is 2. The highest BCUT2D eigenvalue weighted by Crippen LogP contribution is 2.27. The lowest BCUT2D eigenvalue weighted by Crippen LogP contribution is -2.08. The molecule has 0 amide bonds. The van der Waals surface area contributed by atoms with Gasteiger partial charge in [-0.15, -0.1) is 12.4 Å². The molecule has 25 heavy (non-hydrogen) atoms. The van der Waals surface area contributed by atoms with Crippen LogP contribution in [-0.4, -0.2) is 15.1 Å². The lowest BCUT2D eigenvalue weighted by molar-refractivity contribution is 0.935. The summed E-state index contributed by atoms with van der Waals surface area (Å²) in [6.07, 6.45) is 0.720. The number of nitrogens with two attached hydrogens (primary N) is 1. The van der Waals surface area contributed by atoms with Crippen molar-refractivity contribution >= 4 is 29.3 Å². The van der Waals surface area contributed by atoms with Gasteiger partial charge >= 0.3 is 0 Å². The summed E-state index contributed by atoms with van der Waals surface area (Å²) in [6, 6.07) is 20.0. The third kappa shape index (κ3) is 4.81. The maximum atomic E-state index is 7.63. The van der Waals surface area contributed by atoms with Crippen molar-refractivity contribution in [3.8, 4) is 11.4 Å². The van der Waals surface area contributed by atoms with E-state index in [9.17, 15) is 0 Å². The Kier molecular flexibility index (Phi) is 6.56. The van der Waals surface area contributed by atoms with E-state index >= 15 is 0 Å². The summed E-state index contributed by atoms with van der Waals surface area (Å²) >= 11 is 1.18. The van der Waals surface area contributed by atoms with E-state index < -0.39 is 0 Å². The Morgan fingerprint density at radius 3 is 2.20 bits per heavy atom. The first kappa shape index (κ1) is 19.0. The first-order chi connectivity index (χ1) is 11.6. The second kappa shape index (κ2) is 8.65. The van der Waals surface area contributed by atoms with Gasteiger partial charge < -0.3 is 5.73 Å². The van der Waals surface area contributed by atoms with E-state index in [2.05, 4.69) is 22.1 Å². The highest BCUT2D eigenvalue weighted by Gasteiger charge is 2.15. The van der Waals surface area contributed by atoms with E-state index in [1.807, 2.05) is 55.5 Å². The molecule has 2 aromatic carbocycles. The van der Waals surface area contributed by atoms with E-state index in [1.54, 1.807) is 0 Å². The number of aromatic nitrogens is 2. The molecule has 128 valence electrons. The Morgan fingerprint density at radius 1 is 1.00 bits per heavy atom. The Hall–Kier alpha value is -2.37. The molecule has 3 aromatic rings. The van der Waals surface area contributed by atoms with Gasteiger partial charge in [0.05, 0.1) is 0 Å². The van der Waals surface area contributed by atoms with Crippen molar-refractivity contribution < 1.29 is 0 Å². The normalized spacial score (nSPS) is 10.1. The van der Waals surface area contributed by atoms with Gasteiger partial charge in [-0.25, -0.2) is 9.97 Å². The lowest BCUT2D eigenvalue weighted by atomic mass is 10.1. The second-order valence-corrected chi connectivity index (χ2v) is 6.44. The average Bonchev–Trinajstić information content (AvgIpc) is 2.59. The van der Waals surface area contributed by atoms with Gasteiger partial charge in [-0.3, -0.25) is 5.41 Å². The molecule has 0 radical (unpaired) electrons. The highest BCUT2D eigenvalue weighted by molar-refractivity contribution is 8.13. The molecule has 0 saturated heterocycles. The second-order valence-electron chi connectivity index (χ2n) is 5.41. The number of amidine groups is 1. The molecule has 0 saturated carbocycles.